The van der Waals surface area contributed by atoms with Crippen LogP contribution in [-0.2, 0) is 14.6 Å². The first kappa shape index (κ1) is 16.6. The number of benzene rings is 2. The number of amides is 2. The molecule has 0 unspecified atom stereocenters. The zero-order chi connectivity index (χ0) is 18.3. The highest BCUT2D eigenvalue weighted by Gasteiger charge is 2.36. The van der Waals surface area contributed by atoms with Crippen LogP contribution in [0, 0.1) is 0 Å². The number of nitrogens with one attached hydrogen (secondary N) is 2. The van der Waals surface area contributed by atoms with Gasteiger partial charge in [-0.25, -0.2) is 8.42 Å². The predicted molar refractivity (Wildman–Crippen MR) is 100.0 cm³/mol. The number of hydrogen-bond donors (Lipinski definition) is 2. The van der Waals surface area contributed by atoms with Gasteiger partial charge in [0.05, 0.1) is 4.90 Å². The Morgan fingerprint density at radius 1 is 0.923 bits per heavy atom. The largest absolute Gasteiger partial charge is 0.361 e. The van der Waals surface area contributed by atoms with Crippen LogP contribution in [0.1, 0.15) is 5.56 Å². The highest BCUT2D eigenvalue weighted by Crippen LogP contribution is 2.40. The van der Waals surface area contributed by atoms with Crippen LogP contribution in [0.2, 0.25) is 0 Å². The van der Waals surface area contributed by atoms with Gasteiger partial charge in [-0.05, 0) is 30.0 Å². The molecular weight excluding hydrogens is 372 g/mol. The van der Waals surface area contributed by atoms with Crippen molar-refractivity contribution in [1.29, 1.82) is 0 Å². The fourth-order valence-corrected chi connectivity index (χ4v) is 5.51. The van der Waals surface area contributed by atoms with E-state index in [4.69, 9.17) is 0 Å². The first-order chi connectivity index (χ1) is 12.5. The van der Waals surface area contributed by atoms with Crippen LogP contribution >= 0.6 is 11.8 Å². The van der Waals surface area contributed by atoms with Crippen LogP contribution in [0.15, 0.2) is 70.6 Å². The number of fused-ring (bicyclic) bond motifs is 1. The van der Waals surface area contributed by atoms with Crippen molar-refractivity contribution in [2.75, 3.05) is 0 Å². The average Bonchev–Trinajstić information content (AvgIpc) is 3.19. The predicted octanol–water partition coefficient (Wildman–Crippen LogP) is 3.29. The minimum absolute atomic E-state index is 0.0560. The molecule has 1 aliphatic rings. The molecule has 2 amide bonds. The number of H-pyrrole nitrogens is 1. The molecule has 3 aromatic rings. The lowest BCUT2D eigenvalue weighted by molar-refractivity contribution is -0.115. The first-order valence-electron chi connectivity index (χ1n) is 7.62. The van der Waals surface area contributed by atoms with Gasteiger partial charge in [0.1, 0.15) is 9.81 Å². The fraction of sp³-hybridized carbons (Fsp3) is 0. The molecule has 2 heterocycles. The van der Waals surface area contributed by atoms with E-state index in [0.29, 0.717) is 22.7 Å². The Labute approximate surface area is 153 Å². The van der Waals surface area contributed by atoms with Crippen LogP contribution in [0.3, 0.4) is 0 Å². The number of carbonyl (C=O) groups excluding carboxylic acids is 2. The number of sulfone groups is 1. The Bertz CT molecular complexity index is 1180. The summed E-state index contributed by atoms with van der Waals surface area (Å²) >= 11 is 0.597. The van der Waals surface area contributed by atoms with Gasteiger partial charge in [-0.15, -0.1) is 0 Å². The van der Waals surface area contributed by atoms with E-state index < -0.39 is 21.0 Å². The Hall–Kier alpha value is -2.84. The Morgan fingerprint density at radius 3 is 2.31 bits per heavy atom. The van der Waals surface area contributed by atoms with Crippen LogP contribution in [-0.4, -0.2) is 24.5 Å². The lowest BCUT2D eigenvalue weighted by atomic mass is 10.1. The van der Waals surface area contributed by atoms with Gasteiger partial charge in [0.2, 0.25) is 9.84 Å². The van der Waals surface area contributed by atoms with Gasteiger partial charge in [-0.3, -0.25) is 14.9 Å². The number of thioether (sulfide) groups is 1. The number of aromatic amines is 1. The lowest BCUT2D eigenvalue weighted by Crippen LogP contribution is -2.19. The van der Waals surface area contributed by atoms with Crippen molar-refractivity contribution in [2.24, 2.45) is 0 Å². The van der Waals surface area contributed by atoms with Crippen molar-refractivity contribution < 1.29 is 18.0 Å². The molecule has 0 atom stereocenters. The summed E-state index contributed by atoms with van der Waals surface area (Å²) in [5, 5.41) is 2.20. The number of aromatic nitrogens is 1. The third kappa shape index (κ3) is 2.63. The van der Waals surface area contributed by atoms with E-state index in [1.165, 1.54) is 12.1 Å². The molecule has 1 fully saturated rings. The highest BCUT2D eigenvalue weighted by molar-refractivity contribution is 8.19. The molecule has 130 valence electrons. The molecule has 0 saturated carbocycles. The summed E-state index contributed by atoms with van der Waals surface area (Å²) in [4.78, 5) is 26.7. The van der Waals surface area contributed by atoms with Crippen LogP contribution in [0.5, 0.6) is 0 Å². The third-order valence-corrected chi connectivity index (χ3v) is 6.84. The van der Waals surface area contributed by atoms with Gasteiger partial charge in [0.25, 0.3) is 11.1 Å². The van der Waals surface area contributed by atoms with Crippen LogP contribution in [0.25, 0.3) is 15.8 Å². The Morgan fingerprint density at radius 2 is 1.62 bits per heavy atom. The van der Waals surface area contributed by atoms with E-state index in [0.717, 1.165) is 5.52 Å². The number of hydrogen-bond acceptors (Lipinski definition) is 5. The average molecular weight is 384 g/mol. The highest BCUT2D eigenvalue weighted by atomic mass is 32.2. The molecule has 1 aromatic heterocycles. The number of rotatable bonds is 3. The van der Waals surface area contributed by atoms with E-state index in [9.17, 15) is 18.0 Å². The fourth-order valence-electron chi connectivity index (χ4n) is 2.83. The summed E-state index contributed by atoms with van der Waals surface area (Å²) in [5.41, 5.74) is 1.09. The maximum atomic E-state index is 13.3. The first-order valence-corrected chi connectivity index (χ1v) is 9.92. The molecule has 1 saturated heterocycles. The molecule has 8 heteroatoms. The lowest BCUT2D eigenvalue weighted by Gasteiger charge is -2.10. The van der Waals surface area contributed by atoms with E-state index in [1.54, 1.807) is 36.5 Å². The molecule has 6 nitrogen and oxygen atoms in total. The molecule has 0 aliphatic carbocycles. The summed E-state index contributed by atoms with van der Waals surface area (Å²) < 4.78 is 26.7. The Balaban J connectivity index is 2.06. The summed E-state index contributed by atoms with van der Waals surface area (Å²) in [7, 11) is -4.03. The summed E-state index contributed by atoms with van der Waals surface area (Å²) in [6, 6.07) is 15.0. The SMILES string of the molecule is O=C1NC(=O)C(=C(c2c[nH]c3ccccc23)S(=O)(=O)c2ccccc2)S1. The number of carbonyl (C=O) groups is 2. The normalized spacial score (nSPS) is 16.8. The molecule has 4 rings (SSSR count). The van der Waals surface area contributed by atoms with Gasteiger partial charge >= 0.3 is 0 Å². The van der Waals surface area contributed by atoms with E-state index >= 15 is 0 Å². The topological polar surface area (TPSA) is 96.1 Å². The molecule has 0 radical (unpaired) electrons. The second kappa shape index (κ2) is 6.15. The van der Waals surface area contributed by atoms with Crippen molar-refractivity contribution >= 4 is 48.6 Å². The van der Waals surface area contributed by atoms with Crippen LogP contribution in [0.4, 0.5) is 4.79 Å². The molecule has 2 N–H and O–H groups in total. The van der Waals surface area contributed by atoms with Crippen LogP contribution < -0.4 is 5.32 Å². The minimum Gasteiger partial charge on any atom is -0.361 e. The summed E-state index contributed by atoms with van der Waals surface area (Å²) in [5.74, 6) is -0.709. The standard InChI is InChI=1S/C18H12N2O4S2/c21-17-15(25-18(22)20-17)16(26(23,24)11-6-2-1-3-7-11)13-10-19-14-9-5-4-8-12(13)14/h1-10,19H,(H,20,21,22). The smallest absolute Gasteiger partial charge is 0.290 e. The Kier molecular flexibility index (Phi) is 3.93. The van der Waals surface area contributed by atoms with E-state index in [-0.39, 0.29) is 14.7 Å². The van der Waals surface area contributed by atoms with Crippen molar-refractivity contribution in [2.45, 2.75) is 4.90 Å². The quantitative estimate of drug-likeness (QED) is 0.676. The molecule has 2 aromatic carbocycles. The maximum absolute atomic E-state index is 13.3. The van der Waals surface area contributed by atoms with Gasteiger partial charge in [0, 0.05) is 22.7 Å². The molecule has 1 aliphatic heterocycles. The van der Waals surface area contributed by atoms with Gasteiger partial charge in [-0.1, -0.05) is 36.4 Å². The monoisotopic (exact) mass is 384 g/mol. The van der Waals surface area contributed by atoms with Crippen molar-refractivity contribution in [3.63, 3.8) is 0 Å². The van der Waals surface area contributed by atoms with Gasteiger partial charge in [-0.2, -0.15) is 0 Å². The van der Waals surface area contributed by atoms with Gasteiger partial charge in [0.15, 0.2) is 0 Å². The second-order valence-corrected chi connectivity index (χ2v) is 8.44. The van der Waals surface area contributed by atoms with Crippen molar-refractivity contribution in [1.82, 2.24) is 10.3 Å². The molecule has 26 heavy (non-hydrogen) atoms. The molecule has 0 bridgehead atoms. The number of para-hydroxylation sites is 1. The van der Waals surface area contributed by atoms with Crippen molar-refractivity contribution in [3.8, 4) is 0 Å². The molecule has 0 spiro atoms. The molecular formula is C18H12N2O4S2. The third-order valence-electron chi connectivity index (χ3n) is 3.98. The zero-order valence-electron chi connectivity index (χ0n) is 13.2. The number of imide groups is 1. The maximum Gasteiger partial charge on any atom is 0.290 e. The minimum atomic E-state index is -4.03. The second-order valence-electron chi connectivity index (χ2n) is 5.57. The summed E-state index contributed by atoms with van der Waals surface area (Å²) in [6.45, 7) is 0. The van der Waals surface area contributed by atoms with Crippen molar-refractivity contribution in [3.05, 3.63) is 71.3 Å². The van der Waals surface area contributed by atoms with E-state index in [1.807, 2.05) is 12.1 Å². The van der Waals surface area contributed by atoms with E-state index in [2.05, 4.69) is 10.3 Å². The summed E-state index contributed by atoms with van der Waals surface area (Å²) in [6.07, 6.45) is 1.55. The zero-order valence-corrected chi connectivity index (χ0v) is 14.9. The van der Waals surface area contributed by atoms with Gasteiger partial charge < -0.3 is 4.98 Å².